The Morgan fingerprint density at radius 2 is 1.95 bits per heavy atom. The number of nitrogens with zero attached hydrogens (tertiary/aromatic N) is 3. The van der Waals surface area contributed by atoms with Crippen LogP contribution >= 0.6 is 12.2 Å². The molecule has 1 aliphatic rings. The molecule has 2 rings (SSSR count). The lowest BCUT2D eigenvalue weighted by molar-refractivity contribution is -0.146. The van der Waals surface area contributed by atoms with Crippen molar-refractivity contribution in [3.8, 4) is 0 Å². The van der Waals surface area contributed by atoms with E-state index in [4.69, 9.17) is 18.0 Å². The number of hydrogen-bond donors (Lipinski definition) is 1. The summed E-state index contributed by atoms with van der Waals surface area (Å²) in [6, 6.07) is 3.50. The average Bonchev–Trinajstić information content (AvgIpc) is 2.38. The largest absolute Gasteiger partial charge is 0.401 e. The number of alkyl halides is 3. The number of rotatable bonds is 3. The van der Waals surface area contributed by atoms with Gasteiger partial charge in [0, 0.05) is 32.4 Å². The molecule has 0 bridgehead atoms. The van der Waals surface area contributed by atoms with Crippen molar-refractivity contribution in [2.75, 3.05) is 37.6 Å². The van der Waals surface area contributed by atoms with Crippen molar-refractivity contribution >= 4 is 23.0 Å². The Balaban J connectivity index is 2.03. The van der Waals surface area contributed by atoms with E-state index in [2.05, 4.69) is 4.98 Å². The first-order valence-electron chi connectivity index (χ1n) is 6.16. The van der Waals surface area contributed by atoms with Crippen LogP contribution in [0.15, 0.2) is 18.3 Å². The van der Waals surface area contributed by atoms with Crippen LogP contribution in [-0.2, 0) is 0 Å². The van der Waals surface area contributed by atoms with Crippen LogP contribution < -0.4 is 10.6 Å². The number of thiocarbonyl (C=S) groups is 1. The standard InChI is InChI=1S/C12H15F3N4S/c13-12(14,15)8-18-4-6-19(7-5-18)11-9(10(16)20)2-1-3-17-11/h1-3H,4-8H2,(H2,16,20). The number of aromatic nitrogens is 1. The first-order valence-corrected chi connectivity index (χ1v) is 6.56. The highest BCUT2D eigenvalue weighted by Gasteiger charge is 2.32. The van der Waals surface area contributed by atoms with E-state index in [0.717, 1.165) is 0 Å². The van der Waals surface area contributed by atoms with E-state index in [9.17, 15) is 13.2 Å². The first kappa shape index (κ1) is 15.0. The van der Waals surface area contributed by atoms with Gasteiger partial charge in [0.2, 0.25) is 0 Å². The Kier molecular flexibility index (Phi) is 4.44. The summed E-state index contributed by atoms with van der Waals surface area (Å²) in [5.74, 6) is 0.645. The zero-order chi connectivity index (χ0) is 14.8. The fraction of sp³-hybridized carbons (Fsp3) is 0.500. The van der Waals surface area contributed by atoms with E-state index >= 15 is 0 Å². The third-order valence-electron chi connectivity index (χ3n) is 3.13. The SMILES string of the molecule is NC(=S)c1cccnc1N1CCN(CC(F)(F)F)CC1. The number of pyridine rings is 1. The zero-order valence-corrected chi connectivity index (χ0v) is 11.5. The fourth-order valence-electron chi connectivity index (χ4n) is 2.21. The molecule has 0 amide bonds. The molecule has 1 saturated heterocycles. The van der Waals surface area contributed by atoms with Gasteiger partial charge in [-0.2, -0.15) is 13.2 Å². The van der Waals surface area contributed by atoms with Gasteiger partial charge in [-0.3, -0.25) is 4.90 Å². The molecule has 110 valence electrons. The molecule has 1 aromatic rings. The monoisotopic (exact) mass is 304 g/mol. The predicted octanol–water partition coefficient (Wildman–Crippen LogP) is 1.40. The van der Waals surface area contributed by atoms with Gasteiger partial charge < -0.3 is 10.6 Å². The highest BCUT2D eigenvalue weighted by Crippen LogP contribution is 2.21. The molecular formula is C12H15F3N4S. The predicted molar refractivity (Wildman–Crippen MR) is 74.8 cm³/mol. The van der Waals surface area contributed by atoms with Gasteiger partial charge in [-0.1, -0.05) is 12.2 Å². The van der Waals surface area contributed by atoms with Crippen molar-refractivity contribution in [3.63, 3.8) is 0 Å². The van der Waals surface area contributed by atoms with Gasteiger partial charge in [0.1, 0.15) is 10.8 Å². The zero-order valence-electron chi connectivity index (χ0n) is 10.7. The Morgan fingerprint density at radius 3 is 2.50 bits per heavy atom. The van der Waals surface area contributed by atoms with Crippen molar-refractivity contribution in [2.24, 2.45) is 5.73 Å². The molecule has 0 unspecified atom stereocenters. The highest BCUT2D eigenvalue weighted by atomic mass is 32.1. The van der Waals surface area contributed by atoms with Gasteiger partial charge in [-0.25, -0.2) is 4.98 Å². The molecule has 2 heterocycles. The molecule has 4 nitrogen and oxygen atoms in total. The maximum Gasteiger partial charge on any atom is 0.401 e. The summed E-state index contributed by atoms with van der Waals surface area (Å²) in [5.41, 5.74) is 6.30. The van der Waals surface area contributed by atoms with Crippen molar-refractivity contribution < 1.29 is 13.2 Å². The van der Waals surface area contributed by atoms with Crippen LogP contribution in [0.5, 0.6) is 0 Å². The summed E-state index contributed by atoms with van der Waals surface area (Å²) in [6.07, 6.45) is -2.53. The normalized spacial score (nSPS) is 17.2. The molecule has 2 N–H and O–H groups in total. The average molecular weight is 304 g/mol. The quantitative estimate of drug-likeness (QED) is 0.855. The van der Waals surface area contributed by atoms with Crippen LogP contribution in [0.1, 0.15) is 5.56 Å². The van der Waals surface area contributed by atoms with E-state index in [1.807, 2.05) is 4.90 Å². The molecule has 1 aliphatic heterocycles. The van der Waals surface area contributed by atoms with Crippen LogP contribution in [0.25, 0.3) is 0 Å². The minimum Gasteiger partial charge on any atom is -0.389 e. The van der Waals surface area contributed by atoms with E-state index in [0.29, 0.717) is 37.6 Å². The second kappa shape index (κ2) is 5.92. The van der Waals surface area contributed by atoms with E-state index in [1.54, 1.807) is 18.3 Å². The van der Waals surface area contributed by atoms with Crippen molar-refractivity contribution in [2.45, 2.75) is 6.18 Å². The molecule has 0 aliphatic carbocycles. The second-order valence-corrected chi connectivity index (χ2v) is 5.06. The smallest absolute Gasteiger partial charge is 0.389 e. The summed E-state index contributed by atoms with van der Waals surface area (Å²) < 4.78 is 37.0. The van der Waals surface area contributed by atoms with Crippen LogP contribution in [-0.4, -0.2) is 53.8 Å². The van der Waals surface area contributed by atoms with Crippen molar-refractivity contribution in [1.29, 1.82) is 0 Å². The minimum atomic E-state index is -4.16. The lowest BCUT2D eigenvalue weighted by Gasteiger charge is -2.36. The first-order chi connectivity index (χ1) is 9.37. The summed E-state index contributed by atoms with van der Waals surface area (Å²) in [7, 11) is 0. The molecule has 1 fully saturated rings. The Labute approximate surface area is 120 Å². The van der Waals surface area contributed by atoms with Gasteiger partial charge in [0.25, 0.3) is 0 Å². The van der Waals surface area contributed by atoms with Crippen LogP contribution in [0.3, 0.4) is 0 Å². The van der Waals surface area contributed by atoms with E-state index in [-0.39, 0.29) is 4.99 Å². The Hall–Kier alpha value is -1.41. The molecule has 8 heteroatoms. The van der Waals surface area contributed by atoms with Gasteiger partial charge in [0.15, 0.2) is 0 Å². The maximum absolute atomic E-state index is 12.3. The van der Waals surface area contributed by atoms with E-state index in [1.165, 1.54) is 4.90 Å². The van der Waals surface area contributed by atoms with Crippen LogP contribution in [0, 0.1) is 0 Å². The number of anilines is 1. The second-order valence-electron chi connectivity index (χ2n) is 4.62. The fourth-order valence-corrected chi connectivity index (χ4v) is 2.37. The Bertz CT molecular complexity index is 484. The van der Waals surface area contributed by atoms with Crippen LogP contribution in [0.4, 0.5) is 19.0 Å². The molecule has 1 aromatic heterocycles. The topological polar surface area (TPSA) is 45.4 Å². The molecule has 0 radical (unpaired) electrons. The number of piperazine rings is 1. The lowest BCUT2D eigenvalue weighted by atomic mass is 10.2. The molecule has 20 heavy (non-hydrogen) atoms. The third-order valence-corrected chi connectivity index (χ3v) is 3.35. The maximum atomic E-state index is 12.3. The summed E-state index contributed by atoms with van der Waals surface area (Å²) in [6.45, 7) is 0.760. The van der Waals surface area contributed by atoms with Crippen LogP contribution in [0.2, 0.25) is 0 Å². The number of halogens is 3. The summed E-state index contributed by atoms with van der Waals surface area (Å²) >= 11 is 4.97. The van der Waals surface area contributed by atoms with E-state index < -0.39 is 12.7 Å². The molecule has 0 saturated carbocycles. The molecule has 0 aromatic carbocycles. The molecule has 0 spiro atoms. The summed E-state index contributed by atoms with van der Waals surface area (Å²) in [5, 5.41) is 0. The summed E-state index contributed by atoms with van der Waals surface area (Å²) in [4.78, 5) is 7.79. The highest BCUT2D eigenvalue weighted by molar-refractivity contribution is 7.80. The van der Waals surface area contributed by atoms with Gasteiger partial charge in [-0.15, -0.1) is 0 Å². The van der Waals surface area contributed by atoms with Crippen molar-refractivity contribution in [3.05, 3.63) is 23.9 Å². The van der Waals surface area contributed by atoms with Gasteiger partial charge >= 0.3 is 6.18 Å². The number of nitrogens with two attached hydrogens (primary N) is 1. The molecule has 0 atom stereocenters. The minimum absolute atomic E-state index is 0.242. The Morgan fingerprint density at radius 1 is 1.30 bits per heavy atom. The third kappa shape index (κ3) is 3.80. The number of hydrogen-bond acceptors (Lipinski definition) is 4. The van der Waals surface area contributed by atoms with Gasteiger partial charge in [-0.05, 0) is 12.1 Å². The van der Waals surface area contributed by atoms with Gasteiger partial charge in [0.05, 0.1) is 12.1 Å². The van der Waals surface area contributed by atoms with Crippen molar-refractivity contribution in [1.82, 2.24) is 9.88 Å². The lowest BCUT2D eigenvalue weighted by Crippen LogP contribution is -2.49. The molecular weight excluding hydrogens is 289 g/mol.